The number of halogens is 3. The number of fused-ring (bicyclic) bond motifs is 1. The van der Waals surface area contributed by atoms with E-state index >= 15 is 8.78 Å². The molecule has 3 N–H and O–H groups in total. The van der Waals surface area contributed by atoms with Crippen molar-refractivity contribution in [3.05, 3.63) is 77.4 Å². The van der Waals surface area contributed by atoms with E-state index in [1.807, 2.05) is 0 Å². The summed E-state index contributed by atoms with van der Waals surface area (Å²) in [6.45, 7) is 4.96. The number of nitrogens with zero attached hydrogens (tertiary/aromatic N) is 4. The van der Waals surface area contributed by atoms with Gasteiger partial charge >= 0.3 is 5.92 Å². The fraction of sp³-hybridized carbons (Fsp3) is 0.105. The molecule has 3 heterocycles. The number of aryl methyl sites for hydroxylation is 1. The van der Waals surface area contributed by atoms with Crippen LogP contribution in [-0.4, -0.2) is 33.0 Å². The van der Waals surface area contributed by atoms with Crippen molar-refractivity contribution >= 4 is 33.3 Å². The molecule has 9 nitrogen and oxygen atoms in total. The second-order valence-corrected chi connectivity index (χ2v) is 8.37. The lowest BCUT2D eigenvalue weighted by molar-refractivity contribution is 0.0330. The van der Waals surface area contributed by atoms with E-state index in [1.54, 1.807) is 13.0 Å². The van der Waals surface area contributed by atoms with Crippen molar-refractivity contribution in [3.63, 3.8) is 0 Å². The van der Waals surface area contributed by atoms with Gasteiger partial charge in [-0.3, -0.25) is 9.82 Å². The topological polar surface area (TPSA) is 117 Å². The summed E-state index contributed by atoms with van der Waals surface area (Å²) in [5.74, 6) is -5.13. The lowest BCUT2D eigenvalue weighted by Crippen LogP contribution is -2.22. The Kier molecular flexibility index (Phi) is 5.12. The van der Waals surface area contributed by atoms with E-state index < -0.39 is 33.2 Å². The van der Waals surface area contributed by atoms with Crippen LogP contribution in [0.3, 0.4) is 0 Å². The molecule has 32 heavy (non-hydrogen) atoms. The summed E-state index contributed by atoms with van der Waals surface area (Å²) in [6, 6.07) is 7.98. The highest BCUT2D eigenvalue weighted by Gasteiger charge is 2.38. The summed E-state index contributed by atoms with van der Waals surface area (Å²) in [7, 11) is -3.90. The van der Waals surface area contributed by atoms with Crippen LogP contribution in [0.25, 0.3) is 5.65 Å². The van der Waals surface area contributed by atoms with Crippen LogP contribution >= 0.6 is 0 Å². The van der Waals surface area contributed by atoms with Gasteiger partial charge in [-0.2, -0.15) is 18.9 Å². The van der Waals surface area contributed by atoms with Gasteiger partial charge in [0.1, 0.15) is 17.3 Å². The largest absolute Gasteiger partial charge is 0.331 e. The van der Waals surface area contributed by atoms with Crippen LogP contribution in [-0.2, 0) is 15.9 Å². The molecule has 4 rings (SSSR count). The van der Waals surface area contributed by atoms with E-state index in [0.717, 1.165) is 24.3 Å². The van der Waals surface area contributed by atoms with Crippen LogP contribution in [0.4, 0.5) is 30.8 Å². The Bertz CT molecular complexity index is 1410. The van der Waals surface area contributed by atoms with Crippen LogP contribution < -0.4 is 10.0 Å². The first-order valence-electron chi connectivity index (χ1n) is 9.07. The van der Waals surface area contributed by atoms with Gasteiger partial charge in [0.2, 0.25) is 11.8 Å². The number of benzene rings is 1. The lowest BCUT2D eigenvalue weighted by Gasteiger charge is -2.18. The molecule has 0 bridgehead atoms. The number of alkyl halides is 2. The van der Waals surface area contributed by atoms with Gasteiger partial charge in [0.25, 0.3) is 10.0 Å². The highest BCUT2D eigenvalue weighted by Crippen LogP contribution is 2.35. The Morgan fingerprint density at radius 1 is 1.16 bits per heavy atom. The van der Waals surface area contributed by atoms with E-state index in [-0.39, 0.29) is 23.2 Å². The van der Waals surface area contributed by atoms with E-state index in [4.69, 9.17) is 0 Å². The maximum Gasteiger partial charge on any atom is 0.331 e. The number of rotatable bonds is 7. The van der Waals surface area contributed by atoms with E-state index in [0.29, 0.717) is 11.1 Å². The van der Waals surface area contributed by atoms with Gasteiger partial charge in [0.05, 0.1) is 0 Å². The molecule has 0 aliphatic carbocycles. The molecular formula is C19H16F3N7O2S. The first-order chi connectivity index (χ1) is 15.1. The number of nitrogens with one attached hydrogen (secondary N) is 3. The van der Waals surface area contributed by atoms with Crippen LogP contribution in [0, 0.1) is 12.7 Å². The minimum atomic E-state index is -3.90. The Balaban J connectivity index is 1.89. The molecule has 13 heteroatoms. The van der Waals surface area contributed by atoms with Gasteiger partial charge in [-0.25, -0.2) is 22.2 Å². The van der Waals surface area contributed by atoms with Crippen molar-refractivity contribution in [1.29, 1.82) is 0 Å². The third-order valence-corrected chi connectivity index (χ3v) is 5.34. The Hall–Kier alpha value is -3.87. The second kappa shape index (κ2) is 7.67. The number of sulfonamides is 1. The van der Waals surface area contributed by atoms with Crippen molar-refractivity contribution in [2.24, 2.45) is 0 Å². The number of hydrogen-bond acceptors (Lipinski definition) is 6. The molecule has 0 unspecified atom stereocenters. The van der Waals surface area contributed by atoms with Crippen LogP contribution in [0.2, 0.25) is 0 Å². The molecule has 0 aliphatic heterocycles. The van der Waals surface area contributed by atoms with Gasteiger partial charge in [0.15, 0.2) is 5.82 Å². The Morgan fingerprint density at radius 2 is 1.88 bits per heavy atom. The Morgan fingerprint density at radius 3 is 2.50 bits per heavy atom. The number of H-pyrrole nitrogens is 1. The average molecular weight is 463 g/mol. The van der Waals surface area contributed by atoms with E-state index in [1.165, 1.54) is 16.5 Å². The zero-order valence-electron chi connectivity index (χ0n) is 16.5. The van der Waals surface area contributed by atoms with Crippen LogP contribution in [0.1, 0.15) is 17.1 Å². The SMILES string of the molecule is C=CS(=O)(=O)Nc1ccc2nc(C(F)(F)c3ccc(F)cc3)nc(Nc3cc(C)[nH]n3)n12. The number of hydrogen-bond donors (Lipinski definition) is 3. The summed E-state index contributed by atoms with van der Waals surface area (Å²) < 4.78 is 70.9. The molecule has 3 aromatic heterocycles. The molecule has 0 spiro atoms. The molecule has 1 aromatic carbocycles. The maximum atomic E-state index is 15.2. The quantitative estimate of drug-likeness (QED) is 0.385. The highest BCUT2D eigenvalue weighted by molar-refractivity contribution is 7.95. The number of aromatic nitrogens is 5. The fourth-order valence-corrected chi connectivity index (χ4v) is 3.43. The number of aromatic amines is 1. The third kappa shape index (κ3) is 4.01. The predicted molar refractivity (Wildman–Crippen MR) is 112 cm³/mol. The summed E-state index contributed by atoms with van der Waals surface area (Å²) >= 11 is 0. The zero-order chi connectivity index (χ0) is 23.1. The molecule has 0 aliphatic rings. The molecular weight excluding hydrogens is 447 g/mol. The molecule has 0 saturated heterocycles. The van der Waals surface area contributed by atoms with Crippen molar-refractivity contribution in [1.82, 2.24) is 24.6 Å². The monoisotopic (exact) mass is 463 g/mol. The molecule has 166 valence electrons. The first-order valence-corrected chi connectivity index (χ1v) is 10.6. The molecule has 0 amide bonds. The van der Waals surface area contributed by atoms with Gasteiger partial charge in [-0.1, -0.05) is 6.58 Å². The first kappa shape index (κ1) is 21.4. The molecule has 0 radical (unpaired) electrons. The van der Waals surface area contributed by atoms with E-state index in [2.05, 4.69) is 36.8 Å². The van der Waals surface area contributed by atoms with Crippen molar-refractivity contribution in [3.8, 4) is 0 Å². The maximum absolute atomic E-state index is 15.2. The molecule has 0 atom stereocenters. The minimum Gasteiger partial charge on any atom is -0.308 e. The van der Waals surface area contributed by atoms with Crippen molar-refractivity contribution < 1.29 is 21.6 Å². The highest BCUT2D eigenvalue weighted by atomic mass is 32.2. The van der Waals surface area contributed by atoms with Gasteiger partial charge < -0.3 is 5.32 Å². The average Bonchev–Trinajstić information content (AvgIpc) is 3.34. The smallest absolute Gasteiger partial charge is 0.308 e. The summed E-state index contributed by atoms with van der Waals surface area (Å²) in [5, 5.41) is 10.2. The van der Waals surface area contributed by atoms with Gasteiger partial charge in [-0.15, -0.1) is 0 Å². The fourth-order valence-electron chi connectivity index (χ4n) is 2.90. The summed E-state index contributed by atoms with van der Waals surface area (Å²) in [5.41, 5.74) is 0.159. The molecule has 0 fully saturated rings. The summed E-state index contributed by atoms with van der Waals surface area (Å²) in [6.07, 6.45) is 0. The van der Waals surface area contributed by atoms with Crippen molar-refractivity contribution in [2.75, 3.05) is 10.0 Å². The van der Waals surface area contributed by atoms with Crippen LogP contribution in [0.5, 0.6) is 0 Å². The molecule has 0 saturated carbocycles. The molecule has 4 aromatic rings. The second-order valence-electron chi connectivity index (χ2n) is 6.74. The Labute approximate surface area is 180 Å². The third-order valence-electron chi connectivity index (χ3n) is 4.40. The van der Waals surface area contributed by atoms with E-state index in [9.17, 15) is 12.8 Å². The lowest BCUT2D eigenvalue weighted by atomic mass is 10.1. The van der Waals surface area contributed by atoms with Gasteiger partial charge in [-0.05, 0) is 43.3 Å². The van der Waals surface area contributed by atoms with Crippen molar-refractivity contribution in [2.45, 2.75) is 12.8 Å². The normalized spacial score (nSPS) is 12.1. The predicted octanol–water partition coefficient (Wildman–Crippen LogP) is 3.67. The van der Waals surface area contributed by atoms with Gasteiger partial charge in [0, 0.05) is 22.7 Å². The zero-order valence-corrected chi connectivity index (χ0v) is 17.3. The number of anilines is 3. The summed E-state index contributed by atoms with van der Waals surface area (Å²) in [4.78, 5) is 7.86. The minimum absolute atomic E-state index is 0.00805. The van der Waals surface area contributed by atoms with Crippen LogP contribution in [0.15, 0.2) is 54.5 Å². The standard InChI is InChI=1S/C19H16F3N7O2S/c1-3-32(30,31)28-16-9-8-15-24-17(19(21,22)12-4-6-13(20)7-5-12)25-18(29(15)16)23-14-10-11(2)26-27-14/h3-10,28H,1H2,2H3,(H2,23,24,25,26,27).